The Morgan fingerprint density at radius 3 is 2.17 bits per heavy atom. The van der Waals surface area contributed by atoms with E-state index in [1.54, 1.807) is 14.2 Å². The largest absolute Gasteiger partial charge is 0.539 e. The fraction of sp³-hybridized carbons (Fsp3) is 0.455. The average Bonchev–Trinajstić information content (AvgIpc) is 2.97. The molecule has 7 nitrogen and oxygen atoms in total. The predicted octanol–water partition coefficient (Wildman–Crippen LogP) is 4.85. The van der Waals surface area contributed by atoms with Crippen LogP contribution in [0.15, 0.2) is 18.2 Å². The summed E-state index contributed by atoms with van der Waals surface area (Å²) in [6, 6.07) is 5.60. The van der Waals surface area contributed by atoms with E-state index < -0.39 is 14.3 Å². The number of aromatic nitrogens is 2. The summed E-state index contributed by atoms with van der Waals surface area (Å²) >= 11 is 0. The monoisotopic (exact) mass is 432 g/mol. The Morgan fingerprint density at radius 2 is 1.70 bits per heavy atom. The van der Waals surface area contributed by atoms with Crippen LogP contribution in [0.4, 0.5) is 0 Å². The van der Waals surface area contributed by atoms with Gasteiger partial charge in [0.15, 0.2) is 17.2 Å². The maximum atomic E-state index is 11.1. The van der Waals surface area contributed by atoms with E-state index in [1.165, 1.54) is 4.68 Å². The van der Waals surface area contributed by atoms with Crippen molar-refractivity contribution in [2.45, 2.75) is 52.4 Å². The third-order valence-electron chi connectivity index (χ3n) is 5.31. The van der Waals surface area contributed by atoms with Crippen LogP contribution < -0.4 is 13.9 Å². The topological polar surface area (TPSA) is 82.8 Å². The fourth-order valence-corrected chi connectivity index (χ4v) is 3.66. The average molecular weight is 433 g/mol. The molecule has 8 heteroatoms. The normalized spacial score (nSPS) is 12.3. The van der Waals surface area contributed by atoms with E-state index in [0.717, 1.165) is 11.3 Å². The first-order chi connectivity index (χ1) is 13.9. The summed E-state index contributed by atoms with van der Waals surface area (Å²) in [5, 5.41) is 13.3. The van der Waals surface area contributed by atoms with E-state index in [0.29, 0.717) is 22.9 Å². The van der Waals surface area contributed by atoms with Crippen molar-refractivity contribution in [2.24, 2.45) is 0 Å². The molecule has 0 aliphatic heterocycles. The van der Waals surface area contributed by atoms with Gasteiger partial charge < -0.3 is 19.0 Å². The number of methoxy groups -OCH3 is 2. The van der Waals surface area contributed by atoms with Crippen LogP contribution in [-0.2, 0) is 11.3 Å². The SMILES string of the molecule is COc1cc(C=Cc2cc(C)nn2CC(=O)O)cc(OC)c1O[Si](C)(C)C(C)(C)C. The van der Waals surface area contributed by atoms with Crippen LogP contribution in [0.5, 0.6) is 17.2 Å². The number of ether oxygens (including phenoxy) is 2. The van der Waals surface area contributed by atoms with Crippen LogP contribution in [0.2, 0.25) is 18.1 Å². The summed E-state index contributed by atoms with van der Waals surface area (Å²) in [4.78, 5) is 11.1. The van der Waals surface area contributed by atoms with Gasteiger partial charge in [0, 0.05) is 0 Å². The third-order valence-corrected chi connectivity index (χ3v) is 9.64. The van der Waals surface area contributed by atoms with Crippen molar-refractivity contribution in [3.8, 4) is 17.2 Å². The molecule has 0 aliphatic carbocycles. The van der Waals surface area contributed by atoms with E-state index in [9.17, 15) is 4.79 Å². The standard InChI is InChI=1S/C22H32N2O5Si/c1-15-11-17(24(23-15)14-20(25)26)10-9-16-12-18(27-5)21(19(13-16)28-6)29-30(7,8)22(2,3)4/h9-13H,14H2,1-8H3,(H,25,26). The van der Waals surface area contributed by atoms with Crippen molar-refractivity contribution in [1.29, 1.82) is 0 Å². The first-order valence-electron chi connectivity index (χ1n) is 9.77. The summed E-state index contributed by atoms with van der Waals surface area (Å²) in [5.74, 6) is 0.849. The molecule has 2 rings (SSSR count). The summed E-state index contributed by atoms with van der Waals surface area (Å²) in [6.07, 6.45) is 3.70. The molecule has 0 fully saturated rings. The van der Waals surface area contributed by atoms with Gasteiger partial charge in [-0.3, -0.25) is 9.48 Å². The van der Waals surface area contributed by atoms with Gasteiger partial charge in [0.25, 0.3) is 8.32 Å². The molecule has 0 aliphatic rings. The van der Waals surface area contributed by atoms with Gasteiger partial charge in [-0.05, 0) is 54.9 Å². The number of rotatable bonds is 8. The number of carbonyl (C=O) groups is 1. The maximum absolute atomic E-state index is 11.1. The maximum Gasteiger partial charge on any atom is 0.325 e. The molecule has 1 heterocycles. The lowest BCUT2D eigenvalue weighted by atomic mass is 10.1. The molecular formula is C22H32N2O5Si. The Kier molecular flexibility index (Phi) is 7.02. The van der Waals surface area contributed by atoms with E-state index in [1.807, 2.05) is 37.3 Å². The molecule has 0 atom stereocenters. The minimum Gasteiger partial charge on any atom is -0.539 e. The van der Waals surface area contributed by atoms with Crippen LogP contribution in [0.25, 0.3) is 12.2 Å². The Morgan fingerprint density at radius 1 is 1.13 bits per heavy atom. The van der Waals surface area contributed by atoms with Gasteiger partial charge in [0.1, 0.15) is 6.54 Å². The molecule has 164 valence electrons. The zero-order valence-electron chi connectivity index (χ0n) is 19.1. The number of nitrogens with zero attached hydrogens (tertiary/aromatic N) is 2. The van der Waals surface area contributed by atoms with Crippen molar-refractivity contribution < 1.29 is 23.8 Å². The smallest absolute Gasteiger partial charge is 0.325 e. The molecule has 0 radical (unpaired) electrons. The Hall–Kier alpha value is -2.74. The summed E-state index contributed by atoms with van der Waals surface area (Å²) < 4.78 is 19.2. The first kappa shape index (κ1) is 23.5. The number of hydrogen-bond donors (Lipinski definition) is 1. The highest BCUT2D eigenvalue weighted by atomic mass is 28.4. The van der Waals surface area contributed by atoms with E-state index in [-0.39, 0.29) is 11.6 Å². The van der Waals surface area contributed by atoms with Gasteiger partial charge in [-0.1, -0.05) is 26.8 Å². The van der Waals surface area contributed by atoms with Crippen molar-refractivity contribution in [3.05, 3.63) is 35.2 Å². The van der Waals surface area contributed by atoms with Gasteiger partial charge in [-0.15, -0.1) is 0 Å². The zero-order chi connectivity index (χ0) is 22.7. The Balaban J connectivity index is 2.43. The number of aliphatic carboxylic acids is 1. The van der Waals surface area contributed by atoms with Gasteiger partial charge >= 0.3 is 5.97 Å². The van der Waals surface area contributed by atoms with Crippen LogP contribution >= 0.6 is 0 Å². The van der Waals surface area contributed by atoms with Crippen LogP contribution in [-0.4, -0.2) is 43.4 Å². The number of aryl methyl sites for hydroxylation is 1. The number of carboxylic acid groups (broad SMARTS) is 1. The first-order valence-corrected chi connectivity index (χ1v) is 12.7. The lowest BCUT2D eigenvalue weighted by Crippen LogP contribution is -2.44. The van der Waals surface area contributed by atoms with Gasteiger partial charge in [0.05, 0.1) is 25.6 Å². The molecule has 1 aromatic carbocycles. The van der Waals surface area contributed by atoms with Crippen LogP contribution in [0.1, 0.15) is 37.7 Å². The molecule has 0 unspecified atom stereocenters. The lowest BCUT2D eigenvalue weighted by Gasteiger charge is -2.37. The highest BCUT2D eigenvalue weighted by molar-refractivity contribution is 6.74. The van der Waals surface area contributed by atoms with Crippen molar-refractivity contribution in [3.63, 3.8) is 0 Å². The minimum atomic E-state index is -2.10. The predicted molar refractivity (Wildman–Crippen MR) is 121 cm³/mol. The molecule has 30 heavy (non-hydrogen) atoms. The molecule has 0 spiro atoms. The molecule has 0 saturated carbocycles. The fourth-order valence-electron chi connectivity index (χ4n) is 2.64. The summed E-state index contributed by atoms with van der Waals surface area (Å²) in [6.45, 7) is 12.5. The summed E-state index contributed by atoms with van der Waals surface area (Å²) in [7, 11) is 1.11. The number of carboxylic acids is 1. The zero-order valence-corrected chi connectivity index (χ0v) is 20.1. The van der Waals surface area contributed by atoms with E-state index in [2.05, 4.69) is 39.0 Å². The van der Waals surface area contributed by atoms with Crippen molar-refractivity contribution in [1.82, 2.24) is 9.78 Å². The molecule has 0 saturated heterocycles. The quantitative estimate of drug-likeness (QED) is 0.601. The Bertz CT molecular complexity index is 916. The van der Waals surface area contributed by atoms with Gasteiger partial charge in [-0.2, -0.15) is 5.10 Å². The van der Waals surface area contributed by atoms with Crippen molar-refractivity contribution >= 4 is 26.4 Å². The minimum absolute atomic E-state index is 0.0298. The lowest BCUT2D eigenvalue weighted by molar-refractivity contribution is -0.137. The van der Waals surface area contributed by atoms with Gasteiger partial charge in [-0.25, -0.2) is 0 Å². The Labute approximate surface area is 179 Å². The third kappa shape index (κ3) is 5.44. The second-order valence-corrected chi connectivity index (χ2v) is 13.4. The second-order valence-electron chi connectivity index (χ2n) is 8.71. The van der Waals surface area contributed by atoms with Crippen molar-refractivity contribution in [2.75, 3.05) is 14.2 Å². The van der Waals surface area contributed by atoms with Gasteiger partial charge in [0.2, 0.25) is 0 Å². The molecule has 2 aromatic rings. The second kappa shape index (κ2) is 8.95. The highest BCUT2D eigenvalue weighted by Gasteiger charge is 2.40. The molecular weight excluding hydrogens is 400 g/mol. The molecule has 1 aromatic heterocycles. The number of hydrogen-bond acceptors (Lipinski definition) is 5. The van der Waals surface area contributed by atoms with E-state index in [4.69, 9.17) is 19.0 Å². The summed E-state index contributed by atoms with van der Waals surface area (Å²) in [5.41, 5.74) is 2.30. The molecule has 1 N–H and O–H groups in total. The highest BCUT2D eigenvalue weighted by Crippen LogP contribution is 2.45. The van der Waals surface area contributed by atoms with E-state index >= 15 is 0 Å². The number of benzene rings is 1. The molecule has 0 amide bonds. The van der Waals surface area contributed by atoms with Crippen LogP contribution in [0.3, 0.4) is 0 Å². The molecule has 0 bridgehead atoms. The van der Waals surface area contributed by atoms with Crippen LogP contribution in [0, 0.1) is 6.92 Å².